The Hall–Kier alpha value is -1.26. The number of aliphatic hydroxyl groups is 1. The minimum atomic E-state index is -0.257. The van der Waals surface area contributed by atoms with Gasteiger partial charge in [-0.05, 0) is 38.0 Å². The molecule has 1 N–H and O–H groups in total. The van der Waals surface area contributed by atoms with Crippen molar-refractivity contribution in [3.05, 3.63) is 23.8 Å². The highest BCUT2D eigenvalue weighted by atomic mass is 16.5. The lowest BCUT2D eigenvalue weighted by atomic mass is 9.98. The van der Waals surface area contributed by atoms with E-state index in [1.165, 1.54) is 5.56 Å². The van der Waals surface area contributed by atoms with Gasteiger partial charge in [0.2, 0.25) is 0 Å². The Kier molecular flexibility index (Phi) is 4.02. The highest BCUT2D eigenvalue weighted by Crippen LogP contribution is 2.33. The largest absolute Gasteiger partial charge is 0.493 e. The number of methoxy groups -OCH3 is 2. The predicted octanol–water partition coefficient (Wildman–Crippen LogP) is 2.05. The van der Waals surface area contributed by atoms with Crippen LogP contribution in [0.4, 0.5) is 0 Å². The minimum Gasteiger partial charge on any atom is -0.493 e. The number of nitrogens with zero attached hydrogens (tertiary/aromatic N) is 1. The number of hydrogen-bond acceptors (Lipinski definition) is 4. The first kappa shape index (κ1) is 14.2. The second-order valence-electron chi connectivity index (χ2n) is 5.57. The molecule has 0 aliphatic carbocycles. The Morgan fingerprint density at radius 3 is 2.47 bits per heavy atom. The SMILES string of the molecule is COc1ccc(CN2CCC(O)C2(C)C)cc1OC. The van der Waals surface area contributed by atoms with Crippen LogP contribution in [-0.4, -0.2) is 42.4 Å². The summed E-state index contributed by atoms with van der Waals surface area (Å²) >= 11 is 0. The van der Waals surface area contributed by atoms with Crippen molar-refractivity contribution in [1.82, 2.24) is 4.90 Å². The van der Waals surface area contributed by atoms with Gasteiger partial charge in [-0.3, -0.25) is 4.90 Å². The van der Waals surface area contributed by atoms with Gasteiger partial charge in [-0.15, -0.1) is 0 Å². The fourth-order valence-electron chi connectivity index (χ4n) is 2.61. The summed E-state index contributed by atoms with van der Waals surface area (Å²) in [5, 5.41) is 10.0. The average Bonchev–Trinajstić information content (AvgIpc) is 2.65. The van der Waals surface area contributed by atoms with Gasteiger partial charge < -0.3 is 14.6 Å². The number of rotatable bonds is 4. The van der Waals surface area contributed by atoms with Crippen molar-refractivity contribution in [3.8, 4) is 11.5 Å². The van der Waals surface area contributed by atoms with Gasteiger partial charge in [-0.1, -0.05) is 6.07 Å². The van der Waals surface area contributed by atoms with Crippen LogP contribution in [0.15, 0.2) is 18.2 Å². The number of hydrogen-bond donors (Lipinski definition) is 1. The lowest BCUT2D eigenvalue weighted by Crippen LogP contribution is -2.44. The Labute approximate surface area is 114 Å². The Balaban J connectivity index is 2.16. The van der Waals surface area contributed by atoms with Crippen molar-refractivity contribution >= 4 is 0 Å². The molecule has 0 amide bonds. The van der Waals surface area contributed by atoms with Gasteiger partial charge in [0.05, 0.1) is 20.3 Å². The summed E-state index contributed by atoms with van der Waals surface area (Å²) in [6, 6.07) is 5.97. The highest BCUT2D eigenvalue weighted by Gasteiger charge is 2.39. The van der Waals surface area contributed by atoms with Crippen LogP contribution < -0.4 is 9.47 Å². The van der Waals surface area contributed by atoms with Crippen LogP contribution in [0.3, 0.4) is 0 Å². The minimum absolute atomic E-state index is 0.173. The lowest BCUT2D eigenvalue weighted by Gasteiger charge is -2.33. The zero-order chi connectivity index (χ0) is 14.0. The van der Waals surface area contributed by atoms with E-state index in [0.29, 0.717) is 0 Å². The van der Waals surface area contributed by atoms with Gasteiger partial charge in [0, 0.05) is 18.6 Å². The van der Waals surface area contributed by atoms with Crippen LogP contribution in [0.5, 0.6) is 11.5 Å². The molecule has 1 unspecified atom stereocenters. The van der Waals surface area contributed by atoms with Crippen LogP contribution in [-0.2, 0) is 6.54 Å². The summed E-state index contributed by atoms with van der Waals surface area (Å²) in [4.78, 5) is 2.30. The average molecular weight is 265 g/mol. The van der Waals surface area contributed by atoms with Crippen molar-refractivity contribution in [3.63, 3.8) is 0 Å². The van der Waals surface area contributed by atoms with Gasteiger partial charge in [-0.2, -0.15) is 0 Å². The summed E-state index contributed by atoms with van der Waals surface area (Å²) < 4.78 is 10.6. The fraction of sp³-hybridized carbons (Fsp3) is 0.600. The van der Waals surface area contributed by atoms with Gasteiger partial charge in [0.25, 0.3) is 0 Å². The second-order valence-corrected chi connectivity index (χ2v) is 5.57. The third-order valence-electron chi connectivity index (χ3n) is 4.12. The molecular weight excluding hydrogens is 242 g/mol. The maximum atomic E-state index is 10.0. The van der Waals surface area contributed by atoms with E-state index in [1.807, 2.05) is 18.2 Å². The summed E-state index contributed by atoms with van der Waals surface area (Å²) in [6.45, 7) is 5.91. The molecule has 1 heterocycles. The third kappa shape index (κ3) is 2.69. The summed E-state index contributed by atoms with van der Waals surface area (Å²) in [7, 11) is 3.28. The first-order chi connectivity index (χ1) is 8.98. The molecule has 1 aromatic carbocycles. The zero-order valence-electron chi connectivity index (χ0n) is 12.1. The molecular formula is C15H23NO3. The van der Waals surface area contributed by atoms with Gasteiger partial charge in [-0.25, -0.2) is 0 Å². The van der Waals surface area contributed by atoms with E-state index in [9.17, 15) is 5.11 Å². The van der Waals surface area contributed by atoms with E-state index >= 15 is 0 Å². The molecule has 0 spiro atoms. The van der Waals surface area contributed by atoms with Crippen molar-refractivity contribution in [2.24, 2.45) is 0 Å². The smallest absolute Gasteiger partial charge is 0.161 e. The summed E-state index contributed by atoms with van der Waals surface area (Å²) in [5.74, 6) is 1.49. The molecule has 1 atom stereocenters. The maximum Gasteiger partial charge on any atom is 0.161 e. The molecule has 0 bridgehead atoms. The van der Waals surface area contributed by atoms with Gasteiger partial charge in [0.15, 0.2) is 11.5 Å². The van der Waals surface area contributed by atoms with E-state index in [4.69, 9.17) is 9.47 Å². The first-order valence-corrected chi connectivity index (χ1v) is 6.63. The standard InChI is InChI=1S/C15H23NO3/c1-15(2)14(17)7-8-16(15)10-11-5-6-12(18-3)13(9-11)19-4/h5-6,9,14,17H,7-8,10H2,1-4H3. The second kappa shape index (κ2) is 5.39. The number of likely N-dealkylation sites (tertiary alicyclic amines) is 1. The molecule has 4 nitrogen and oxygen atoms in total. The van der Waals surface area contributed by atoms with E-state index in [-0.39, 0.29) is 11.6 Å². The number of ether oxygens (including phenoxy) is 2. The van der Waals surface area contributed by atoms with E-state index in [1.54, 1.807) is 14.2 Å². The molecule has 1 aromatic rings. The molecule has 1 saturated heterocycles. The zero-order valence-corrected chi connectivity index (χ0v) is 12.1. The highest BCUT2D eigenvalue weighted by molar-refractivity contribution is 5.42. The van der Waals surface area contributed by atoms with Crippen molar-refractivity contribution in [2.75, 3.05) is 20.8 Å². The van der Waals surface area contributed by atoms with Crippen LogP contribution in [0.25, 0.3) is 0 Å². The van der Waals surface area contributed by atoms with Crippen LogP contribution in [0.1, 0.15) is 25.8 Å². The quantitative estimate of drug-likeness (QED) is 0.904. The van der Waals surface area contributed by atoms with E-state index < -0.39 is 0 Å². The van der Waals surface area contributed by atoms with Crippen LogP contribution >= 0.6 is 0 Å². The normalized spacial score (nSPS) is 22.5. The topological polar surface area (TPSA) is 41.9 Å². The molecule has 0 saturated carbocycles. The Morgan fingerprint density at radius 2 is 1.95 bits per heavy atom. The maximum absolute atomic E-state index is 10.0. The van der Waals surface area contributed by atoms with Gasteiger partial charge >= 0.3 is 0 Å². The predicted molar refractivity (Wildman–Crippen MR) is 74.7 cm³/mol. The molecule has 19 heavy (non-hydrogen) atoms. The molecule has 106 valence electrons. The van der Waals surface area contributed by atoms with Crippen LogP contribution in [0, 0.1) is 0 Å². The monoisotopic (exact) mass is 265 g/mol. The molecule has 4 heteroatoms. The summed E-state index contributed by atoms with van der Waals surface area (Å²) in [6.07, 6.45) is 0.577. The molecule has 0 aromatic heterocycles. The Bertz CT molecular complexity index is 445. The molecule has 1 aliphatic heterocycles. The van der Waals surface area contributed by atoms with Crippen molar-refractivity contribution in [2.45, 2.75) is 38.5 Å². The lowest BCUT2D eigenvalue weighted by molar-refractivity contribution is 0.0506. The van der Waals surface area contributed by atoms with E-state index in [0.717, 1.165) is 31.0 Å². The van der Waals surface area contributed by atoms with Gasteiger partial charge in [0.1, 0.15) is 0 Å². The third-order valence-corrected chi connectivity index (χ3v) is 4.12. The number of aliphatic hydroxyl groups excluding tert-OH is 1. The number of benzene rings is 1. The molecule has 1 fully saturated rings. The Morgan fingerprint density at radius 1 is 1.26 bits per heavy atom. The van der Waals surface area contributed by atoms with E-state index in [2.05, 4.69) is 18.7 Å². The van der Waals surface area contributed by atoms with Crippen molar-refractivity contribution < 1.29 is 14.6 Å². The molecule has 1 aliphatic rings. The summed E-state index contributed by atoms with van der Waals surface area (Å²) in [5.41, 5.74) is 0.993. The molecule has 2 rings (SSSR count). The first-order valence-electron chi connectivity index (χ1n) is 6.63. The van der Waals surface area contributed by atoms with Crippen LogP contribution in [0.2, 0.25) is 0 Å². The van der Waals surface area contributed by atoms with Crippen molar-refractivity contribution in [1.29, 1.82) is 0 Å². The fourth-order valence-corrected chi connectivity index (χ4v) is 2.61. The molecule has 0 radical (unpaired) electrons.